The first-order chi connectivity index (χ1) is 13.6. The molecule has 6 N–H and O–H groups in total. The fourth-order valence-electron chi connectivity index (χ4n) is 2.64. The molecule has 0 atom stereocenters. The third-order valence-corrected chi connectivity index (χ3v) is 5.25. The number of rotatable bonds is 5. The Bertz CT molecular complexity index is 1240. The molecule has 0 saturated heterocycles. The molecule has 9 nitrogen and oxygen atoms in total. The minimum absolute atomic E-state index is 0.129. The molecule has 3 aromatic rings. The van der Waals surface area contributed by atoms with Crippen LogP contribution in [0.1, 0.15) is 23.0 Å². The molecule has 0 aliphatic carbocycles. The first-order valence-corrected chi connectivity index (χ1v) is 10.4. The Labute approximate surface area is 167 Å². The van der Waals surface area contributed by atoms with Crippen LogP contribution in [0.3, 0.4) is 0 Å². The summed E-state index contributed by atoms with van der Waals surface area (Å²) in [5.74, 6) is -0.476. The van der Waals surface area contributed by atoms with E-state index in [1.54, 1.807) is 43.3 Å². The lowest BCUT2D eigenvalue weighted by Gasteiger charge is -2.05. The monoisotopic (exact) mass is 412 g/mol. The topological polar surface area (TPSA) is 156 Å². The molecule has 3 rings (SSSR count). The van der Waals surface area contributed by atoms with Gasteiger partial charge in [0.1, 0.15) is 5.69 Å². The number of carbonyl (C=O) groups is 1. The van der Waals surface area contributed by atoms with E-state index in [2.05, 4.69) is 20.5 Å². The average molecular weight is 412 g/mol. The zero-order chi connectivity index (χ0) is 21.2. The molecule has 10 heteroatoms. The molecule has 150 valence electrons. The lowest BCUT2D eigenvalue weighted by atomic mass is 10.1. The number of nitrogens with two attached hydrogens (primary N) is 2. The number of hydrogen-bond donors (Lipinski definition) is 4. The van der Waals surface area contributed by atoms with Crippen molar-refractivity contribution in [2.45, 2.75) is 11.8 Å². The van der Waals surface area contributed by atoms with Crippen molar-refractivity contribution < 1.29 is 13.2 Å². The summed E-state index contributed by atoms with van der Waals surface area (Å²) < 4.78 is 23.4. The number of H-pyrrole nitrogens is 1. The van der Waals surface area contributed by atoms with E-state index < -0.39 is 9.84 Å². The minimum atomic E-state index is -3.33. The Balaban J connectivity index is 1.78. The van der Waals surface area contributed by atoms with Crippen molar-refractivity contribution in [2.75, 3.05) is 11.6 Å². The maximum absolute atomic E-state index is 12.5. The molecule has 0 aliphatic heterocycles. The standard InChI is InChI=1S/C19H20N6O3S/c1-11(24-25-19(20)21)12-3-6-14(7-4-12)22-18(26)17-9-13-5-8-15(29(2,27)28)10-16(13)23-17/h3-10,23H,1-2H3,(H,22,26)(H4,20,21,25). The van der Waals surface area contributed by atoms with Crippen LogP contribution in [-0.4, -0.2) is 37.2 Å². The van der Waals surface area contributed by atoms with E-state index in [1.165, 1.54) is 12.1 Å². The van der Waals surface area contributed by atoms with Crippen LogP contribution in [0.5, 0.6) is 0 Å². The van der Waals surface area contributed by atoms with Crippen LogP contribution in [0.15, 0.2) is 63.6 Å². The number of fused-ring (bicyclic) bond motifs is 1. The van der Waals surface area contributed by atoms with Gasteiger partial charge in [0.15, 0.2) is 9.84 Å². The number of guanidine groups is 1. The molecular weight excluding hydrogens is 392 g/mol. The van der Waals surface area contributed by atoms with Crippen LogP contribution in [-0.2, 0) is 9.84 Å². The summed E-state index contributed by atoms with van der Waals surface area (Å²) in [5.41, 5.74) is 13.4. The number of benzene rings is 2. The molecule has 0 unspecified atom stereocenters. The van der Waals surface area contributed by atoms with Crippen LogP contribution in [0, 0.1) is 0 Å². The van der Waals surface area contributed by atoms with Gasteiger partial charge in [-0.1, -0.05) is 18.2 Å². The van der Waals surface area contributed by atoms with Gasteiger partial charge in [-0.3, -0.25) is 4.79 Å². The number of nitrogens with zero attached hydrogens (tertiary/aromatic N) is 2. The van der Waals surface area contributed by atoms with Gasteiger partial charge in [-0.05, 0) is 42.8 Å². The highest BCUT2D eigenvalue weighted by atomic mass is 32.2. The van der Waals surface area contributed by atoms with Crippen molar-refractivity contribution in [1.82, 2.24) is 4.98 Å². The summed E-state index contributed by atoms with van der Waals surface area (Å²) >= 11 is 0. The van der Waals surface area contributed by atoms with Gasteiger partial charge in [0.05, 0.1) is 10.6 Å². The van der Waals surface area contributed by atoms with Crippen LogP contribution in [0.25, 0.3) is 10.9 Å². The molecule has 0 radical (unpaired) electrons. The maximum atomic E-state index is 12.5. The SMILES string of the molecule is CC(=NN=C(N)N)c1ccc(NC(=O)c2cc3ccc(S(C)(=O)=O)cc3[nH]2)cc1. The van der Waals surface area contributed by atoms with Crippen molar-refractivity contribution >= 4 is 44.0 Å². The molecule has 1 amide bonds. The molecule has 1 heterocycles. The summed E-state index contributed by atoms with van der Waals surface area (Å²) in [5, 5.41) is 11.0. The van der Waals surface area contributed by atoms with Gasteiger partial charge in [0.2, 0.25) is 5.96 Å². The van der Waals surface area contributed by atoms with Crippen molar-refractivity contribution in [3.63, 3.8) is 0 Å². The van der Waals surface area contributed by atoms with E-state index in [0.29, 0.717) is 22.6 Å². The summed E-state index contributed by atoms with van der Waals surface area (Å²) in [6.07, 6.45) is 1.14. The number of carbonyl (C=O) groups excluding carboxylic acids is 1. The largest absolute Gasteiger partial charge is 0.369 e. The second-order valence-electron chi connectivity index (χ2n) is 6.45. The van der Waals surface area contributed by atoms with Gasteiger partial charge in [-0.2, -0.15) is 5.10 Å². The predicted molar refractivity (Wildman–Crippen MR) is 114 cm³/mol. The number of aromatic nitrogens is 1. The summed E-state index contributed by atoms with van der Waals surface area (Å²) in [7, 11) is -3.33. The van der Waals surface area contributed by atoms with Crippen molar-refractivity contribution in [2.24, 2.45) is 21.7 Å². The second kappa shape index (κ2) is 7.76. The summed E-state index contributed by atoms with van der Waals surface area (Å²) in [6, 6.07) is 13.4. The Morgan fingerprint density at radius 3 is 2.34 bits per heavy atom. The second-order valence-corrected chi connectivity index (χ2v) is 8.46. The molecular formula is C19H20N6O3S. The average Bonchev–Trinajstić information content (AvgIpc) is 3.09. The summed E-state index contributed by atoms with van der Waals surface area (Å²) in [6.45, 7) is 1.76. The zero-order valence-corrected chi connectivity index (χ0v) is 16.6. The zero-order valence-electron chi connectivity index (χ0n) is 15.8. The van der Waals surface area contributed by atoms with E-state index in [1.807, 2.05) is 0 Å². The molecule has 2 aromatic carbocycles. The van der Waals surface area contributed by atoms with Gasteiger partial charge < -0.3 is 21.8 Å². The number of hydrogen-bond acceptors (Lipinski definition) is 5. The highest BCUT2D eigenvalue weighted by molar-refractivity contribution is 7.90. The van der Waals surface area contributed by atoms with Gasteiger partial charge in [0, 0.05) is 22.8 Å². The molecule has 0 aliphatic rings. The van der Waals surface area contributed by atoms with Crippen LogP contribution < -0.4 is 16.8 Å². The van der Waals surface area contributed by atoms with Crippen LogP contribution in [0.2, 0.25) is 0 Å². The van der Waals surface area contributed by atoms with E-state index in [9.17, 15) is 13.2 Å². The maximum Gasteiger partial charge on any atom is 0.272 e. The Kier molecular flexibility index (Phi) is 5.37. The highest BCUT2D eigenvalue weighted by Crippen LogP contribution is 2.21. The van der Waals surface area contributed by atoms with Crippen molar-refractivity contribution in [1.29, 1.82) is 0 Å². The van der Waals surface area contributed by atoms with Gasteiger partial charge in [-0.25, -0.2) is 8.42 Å². The number of anilines is 1. The first kappa shape index (κ1) is 20.1. The Hall–Kier alpha value is -3.66. The number of sulfone groups is 1. The molecule has 1 aromatic heterocycles. The highest BCUT2D eigenvalue weighted by Gasteiger charge is 2.13. The molecule has 0 bridgehead atoms. The molecule has 0 spiro atoms. The first-order valence-electron chi connectivity index (χ1n) is 8.51. The smallest absolute Gasteiger partial charge is 0.272 e. The fourth-order valence-corrected chi connectivity index (χ4v) is 3.29. The van der Waals surface area contributed by atoms with E-state index in [-0.39, 0.29) is 16.8 Å². The third kappa shape index (κ3) is 4.79. The van der Waals surface area contributed by atoms with Crippen molar-refractivity contribution in [3.05, 3.63) is 59.8 Å². The van der Waals surface area contributed by atoms with E-state index >= 15 is 0 Å². The van der Waals surface area contributed by atoms with Gasteiger partial charge >= 0.3 is 0 Å². The Morgan fingerprint density at radius 1 is 1.03 bits per heavy atom. The van der Waals surface area contributed by atoms with Crippen LogP contribution in [0.4, 0.5) is 5.69 Å². The Morgan fingerprint density at radius 2 is 1.72 bits per heavy atom. The molecule has 0 fully saturated rings. The van der Waals surface area contributed by atoms with Crippen LogP contribution >= 0.6 is 0 Å². The molecule has 0 saturated carbocycles. The quantitative estimate of drug-likeness (QED) is 0.286. The lowest BCUT2D eigenvalue weighted by molar-refractivity contribution is 0.102. The van der Waals surface area contributed by atoms with Gasteiger partial charge in [0.25, 0.3) is 5.91 Å². The summed E-state index contributed by atoms with van der Waals surface area (Å²) in [4.78, 5) is 15.7. The lowest BCUT2D eigenvalue weighted by Crippen LogP contribution is -2.22. The van der Waals surface area contributed by atoms with E-state index in [0.717, 1.165) is 17.2 Å². The fraction of sp³-hybridized carbons (Fsp3) is 0.105. The van der Waals surface area contributed by atoms with Gasteiger partial charge in [-0.15, -0.1) is 5.10 Å². The number of amides is 1. The number of aromatic amines is 1. The van der Waals surface area contributed by atoms with Crippen molar-refractivity contribution in [3.8, 4) is 0 Å². The molecule has 29 heavy (non-hydrogen) atoms. The predicted octanol–water partition coefficient (Wildman–Crippen LogP) is 1.82. The van der Waals surface area contributed by atoms with E-state index in [4.69, 9.17) is 11.5 Å². The minimum Gasteiger partial charge on any atom is -0.369 e. The third-order valence-electron chi connectivity index (χ3n) is 4.14. The normalized spacial score (nSPS) is 12.0. The number of nitrogens with one attached hydrogen (secondary N) is 2.